The van der Waals surface area contributed by atoms with Gasteiger partial charge in [-0.15, -0.1) is 0 Å². The Morgan fingerprint density at radius 1 is 0.780 bits per heavy atom. The summed E-state index contributed by atoms with van der Waals surface area (Å²) >= 11 is 4.03. The number of benzene rings is 3. The normalized spacial score (nSPS) is 23.8. The van der Waals surface area contributed by atoms with Crippen LogP contribution < -0.4 is 4.90 Å². The van der Waals surface area contributed by atoms with E-state index in [1.54, 1.807) is 24.3 Å². The van der Waals surface area contributed by atoms with Crippen molar-refractivity contribution in [2.45, 2.75) is 68.5 Å². The molecule has 3 aliphatic carbocycles. The van der Waals surface area contributed by atoms with E-state index < -0.39 is 16.2 Å². The molecule has 1 saturated heterocycles. The number of ether oxygens (including phenoxy) is 1. The first-order valence-corrected chi connectivity index (χ1v) is 15.8. The van der Waals surface area contributed by atoms with E-state index in [9.17, 15) is 14.4 Å². The van der Waals surface area contributed by atoms with E-state index in [1.807, 2.05) is 24.3 Å². The Balaban J connectivity index is 1.15. The zero-order valence-corrected chi connectivity index (χ0v) is 25.1. The molecule has 6 heteroatoms. The average molecular weight is 615 g/mol. The van der Waals surface area contributed by atoms with Crippen LogP contribution in [-0.4, -0.2) is 24.4 Å². The van der Waals surface area contributed by atoms with Crippen LogP contribution in [0.3, 0.4) is 0 Å². The summed E-state index contributed by atoms with van der Waals surface area (Å²) in [6.07, 6.45) is 9.46. The fourth-order valence-corrected chi connectivity index (χ4v) is 8.37. The molecule has 41 heavy (non-hydrogen) atoms. The van der Waals surface area contributed by atoms with E-state index >= 15 is 0 Å². The standard InChI is InChI=1S/C35H36BrNO4/c1-2-3-4-5-6-7-8-13-22-41-34(40)23-18-20-24(21-19-23)37-32(38)30-29-25-14-9-11-16-27(25)35(36,31(30)33(37)39)28-17-12-10-15-26(28)29/h9-12,14-21,29-31H,2-8,13,22H2,1H3/t29?,30-,31+,35?/m0/s1. The molecule has 7 rings (SSSR count). The van der Waals surface area contributed by atoms with Crippen LogP contribution in [0.15, 0.2) is 72.8 Å². The SMILES string of the molecule is CCCCCCCCCCOC(=O)c1ccc(N2C(=O)[C@H]3C4c5ccccc5C(Br)(c5ccccc54)[C@H]3C2=O)cc1. The first-order valence-electron chi connectivity index (χ1n) is 15.0. The number of esters is 1. The third-order valence-electron chi connectivity index (χ3n) is 9.11. The quantitative estimate of drug-likeness (QED) is 0.0954. The fraction of sp³-hybridized carbons (Fsp3) is 0.400. The van der Waals surface area contributed by atoms with Crippen LogP contribution in [0.5, 0.6) is 0 Å². The van der Waals surface area contributed by atoms with Crippen molar-refractivity contribution < 1.29 is 19.1 Å². The maximum atomic E-state index is 14.1. The van der Waals surface area contributed by atoms with Gasteiger partial charge in [0, 0.05) is 5.92 Å². The third-order valence-corrected chi connectivity index (χ3v) is 10.5. The van der Waals surface area contributed by atoms with Gasteiger partial charge in [0.15, 0.2) is 0 Å². The highest BCUT2D eigenvalue weighted by Crippen LogP contribution is 2.66. The molecule has 1 aliphatic heterocycles. The molecule has 0 aromatic heterocycles. The summed E-state index contributed by atoms with van der Waals surface area (Å²) in [5.74, 6) is -2.02. The summed E-state index contributed by atoms with van der Waals surface area (Å²) in [5.41, 5.74) is 5.22. The summed E-state index contributed by atoms with van der Waals surface area (Å²) < 4.78 is 4.71. The van der Waals surface area contributed by atoms with Gasteiger partial charge in [0.1, 0.15) is 0 Å². The van der Waals surface area contributed by atoms with Crippen molar-refractivity contribution in [2.75, 3.05) is 11.5 Å². The molecule has 2 amide bonds. The largest absolute Gasteiger partial charge is 0.462 e. The highest BCUT2D eigenvalue weighted by Gasteiger charge is 2.67. The Bertz CT molecular complexity index is 1420. The number of rotatable bonds is 11. The minimum Gasteiger partial charge on any atom is -0.462 e. The van der Waals surface area contributed by atoms with Gasteiger partial charge in [-0.1, -0.05) is 116 Å². The number of imide groups is 1. The van der Waals surface area contributed by atoms with Gasteiger partial charge >= 0.3 is 5.97 Å². The van der Waals surface area contributed by atoms with Gasteiger partial charge in [0.25, 0.3) is 0 Å². The van der Waals surface area contributed by atoms with Gasteiger partial charge < -0.3 is 4.74 Å². The van der Waals surface area contributed by atoms with Crippen molar-refractivity contribution in [3.05, 3.63) is 101 Å². The van der Waals surface area contributed by atoms with Gasteiger partial charge in [-0.25, -0.2) is 9.69 Å². The first-order chi connectivity index (χ1) is 20.0. The lowest BCUT2D eigenvalue weighted by Crippen LogP contribution is -2.50. The van der Waals surface area contributed by atoms with Crippen LogP contribution in [0.4, 0.5) is 5.69 Å². The van der Waals surface area contributed by atoms with Gasteiger partial charge in [-0.05, 0) is 52.9 Å². The number of anilines is 1. The lowest BCUT2D eigenvalue weighted by atomic mass is 9.55. The zero-order valence-electron chi connectivity index (χ0n) is 23.5. The molecule has 3 aromatic rings. The molecule has 4 aliphatic rings. The topological polar surface area (TPSA) is 63.7 Å². The van der Waals surface area contributed by atoms with E-state index in [0.29, 0.717) is 17.9 Å². The number of alkyl halides is 1. The lowest BCUT2D eigenvalue weighted by Gasteiger charge is -2.51. The predicted octanol–water partition coefficient (Wildman–Crippen LogP) is 7.89. The van der Waals surface area contributed by atoms with Crippen LogP contribution >= 0.6 is 15.9 Å². The van der Waals surface area contributed by atoms with Gasteiger partial charge in [-0.3, -0.25) is 9.59 Å². The predicted molar refractivity (Wildman–Crippen MR) is 163 cm³/mol. The number of hydrogen-bond donors (Lipinski definition) is 0. The highest BCUT2D eigenvalue weighted by molar-refractivity contribution is 9.09. The summed E-state index contributed by atoms with van der Waals surface area (Å²) in [4.78, 5) is 42.0. The number of carbonyl (C=O) groups excluding carboxylic acids is 3. The Labute approximate surface area is 250 Å². The van der Waals surface area contributed by atoms with Crippen molar-refractivity contribution in [3.8, 4) is 0 Å². The number of amides is 2. The number of carbonyl (C=O) groups is 3. The number of unbranched alkanes of at least 4 members (excludes halogenated alkanes) is 7. The van der Waals surface area contributed by atoms with Crippen molar-refractivity contribution >= 4 is 39.4 Å². The third kappa shape index (κ3) is 4.64. The summed E-state index contributed by atoms with van der Waals surface area (Å²) in [6, 6.07) is 22.9. The van der Waals surface area contributed by atoms with E-state index in [4.69, 9.17) is 4.74 Å². The molecule has 0 unspecified atom stereocenters. The molecule has 2 atom stereocenters. The van der Waals surface area contributed by atoms with E-state index in [-0.39, 0.29) is 23.7 Å². The second kappa shape index (κ2) is 11.6. The lowest BCUT2D eigenvalue weighted by molar-refractivity contribution is -0.122. The van der Waals surface area contributed by atoms with E-state index in [0.717, 1.165) is 35.1 Å². The van der Waals surface area contributed by atoms with Gasteiger partial charge in [0.2, 0.25) is 11.8 Å². The molecule has 0 radical (unpaired) electrons. The van der Waals surface area contributed by atoms with Crippen LogP contribution in [0, 0.1) is 11.8 Å². The molecule has 1 fully saturated rings. The van der Waals surface area contributed by atoms with Crippen LogP contribution in [0.2, 0.25) is 0 Å². The van der Waals surface area contributed by atoms with Gasteiger partial charge in [-0.2, -0.15) is 0 Å². The Morgan fingerprint density at radius 2 is 1.34 bits per heavy atom. The van der Waals surface area contributed by atoms with Crippen LogP contribution in [-0.2, 0) is 18.7 Å². The van der Waals surface area contributed by atoms with E-state index in [2.05, 4.69) is 47.1 Å². The molecule has 0 saturated carbocycles. The molecular weight excluding hydrogens is 578 g/mol. The monoisotopic (exact) mass is 613 g/mol. The molecule has 2 bridgehead atoms. The number of hydrogen-bond acceptors (Lipinski definition) is 4. The second-order valence-electron chi connectivity index (χ2n) is 11.5. The minimum absolute atomic E-state index is 0.182. The highest BCUT2D eigenvalue weighted by atomic mass is 79.9. The number of halogens is 1. The van der Waals surface area contributed by atoms with E-state index in [1.165, 1.54) is 43.4 Å². The Morgan fingerprint density at radius 3 is 1.95 bits per heavy atom. The maximum absolute atomic E-state index is 14.1. The molecule has 3 aromatic carbocycles. The minimum atomic E-state index is -0.777. The molecule has 0 N–H and O–H groups in total. The second-order valence-corrected chi connectivity index (χ2v) is 12.8. The summed E-state index contributed by atoms with van der Waals surface area (Å²) in [6.45, 7) is 2.62. The van der Waals surface area contributed by atoms with Crippen molar-refractivity contribution in [1.82, 2.24) is 0 Å². The van der Waals surface area contributed by atoms with Crippen LogP contribution in [0.25, 0.3) is 0 Å². The zero-order chi connectivity index (χ0) is 28.6. The average Bonchev–Trinajstić information content (AvgIpc) is 3.27. The van der Waals surface area contributed by atoms with Crippen LogP contribution in [0.1, 0.15) is 96.8 Å². The summed E-state index contributed by atoms with van der Waals surface area (Å²) in [7, 11) is 0. The molecule has 1 heterocycles. The van der Waals surface area contributed by atoms with Gasteiger partial charge in [0.05, 0.1) is 34.0 Å². The Kier molecular flexibility index (Phi) is 7.86. The van der Waals surface area contributed by atoms with Crippen molar-refractivity contribution in [3.63, 3.8) is 0 Å². The van der Waals surface area contributed by atoms with Crippen molar-refractivity contribution in [2.24, 2.45) is 11.8 Å². The first kappa shape index (κ1) is 27.9. The maximum Gasteiger partial charge on any atom is 0.338 e. The molecular formula is C35H36BrNO4. The molecule has 212 valence electrons. The number of nitrogens with zero attached hydrogens (tertiary/aromatic N) is 1. The molecule has 0 spiro atoms. The fourth-order valence-electron chi connectivity index (χ4n) is 7.16. The van der Waals surface area contributed by atoms with Crippen molar-refractivity contribution in [1.29, 1.82) is 0 Å². The smallest absolute Gasteiger partial charge is 0.338 e. The molecule has 5 nitrogen and oxygen atoms in total. The Hall–Kier alpha value is -3.25. The summed E-state index contributed by atoms with van der Waals surface area (Å²) in [5, 5.41) is 0.